The highest BCUT2D eigenvalue weighted by atomic mass is 35.5. The summed E-state index contributed by atoms with van der Waals surface area (Å²) >= 11 is 6.02. The van der Waals surface area contributed by atoms with Crippen LogP contribution in [-0.2, 0) is 4.79 Å². The molecule has 1 unspecified atom stereocenters. The highest BCUT2D eigenvalue weighted by molar-refractivity contribution is 6.18. The molecule has 0 spiro atoms. The second-order valence-electron chi connectivity index (χ2n) is 5.76. The van der Waals surface area contributed by atoms with Crippen molar-refractivity contribution in [3.63, 3.8) is 0 Å². The fraction of sp³-hybridized carbons (Fsp3) is 0.938. The molecule has 112 valence electrons. The molecule has 1 fully saturated rings. The Bertz CT molecular complexity index is 245. The maximum Gasteiger partial charge on any atom is 0.222 e. The van der Waals surface area contributed by atoms with Gasteiger partial charge in [0.2, 0.25) is 5.91 Å². The van der Waals surface area contributed by atoms with Gasteiger partial charge in [0.1, 0.15) is 0 Å². The first-order chi connectivity index (χ1) is 9.29. The smallest absolute Gasteiger partial charge is 0.222 e. The van der Waals surface area contributed by atoms with E-state index in [1.54, 1.807) is 0 Å². The molecule has 1 amide bonds. The van der Waals surface area contributed by atoms with Crippen molar-refractivity contribution in [2.24, 2.45) is 0 Å². The lowest BCUT2D eigenvalue weighted by atomic mass is 10.1. The van der Waals surface area contributed by atoms with E-state index in [9.17, 15) is 4.79 Å². The Balaban J connectivity index is 2.22. The van der Waals surface area contributed by atoms with Crippen LogP contribution in [0, 0.1) is 0 Å². The molecule has 1 aliphatic heterocycles. The van der Waals surface area contributed by atoms with Gasteiger partial charge in [-0.15, -0.1) is 11.6 Å². The minimum atomic E-state index is 0.289. The number of halogens is 1. The average Bonchev–Trinajstić information content (AvgIpc) is 2.67. The van der Waals surface area contributed by atoms with E-state index in [4.69, 9.17) is 11.6 Å². The largest absolute Gasteiger partial charge is 0.339 e. The second kappa shape index (κ2) is 10.5. The molecule has 1 aliphatic rings. The van der Waals surface area contributed by atoms with Crippen molar-refractivity contribution >= 4 is 17.5 Å². The van der Waals surface area contributed by atoms with Crippen molar-refractivity contribution in [1.29, 1.82) is 0 Å². The van der Waals surface area contributed by atoms with E-state index in [2.05, 4.69) is 11.8 Å². The molecule has 19 heavy (non-hydrogen) atoms. The third kappa shape index (κ3) is 6.65. The molecule has 1 saturated heterocycles. The molecular formula is C16H30ClNO. The number of hydrogen-bond acceptors (Lipinski definition) is 1. The number of hydrogen-bond donors (Lipinski definition) is 0. The first kappa shape index (κ1) is 16.8. The van der Waals surface area contributed by atoms with Crippen LogP contribution >= 0.6 is 11.6 Å². The lowest BCUT2D eigenvalue weighted by Gasteiger charge is -2.28. The normalized spacial score (nSPS) is 20.3. The zero-order valence-electron chi connectivity index (χ0n) is 12.5. The van der Waals surface area contributed by atoms with Crippen molar-refractivity contribution in [1.82, 2.24) is 4.90 Å². The second-order valence-corrected chi connectivity index (χ2v) is 6.07. The standard InChI is InChI=1S/C16H30ClNO/c1-2-3-4-5-6-9-12-16(19)18-13-10-7-8-11-15(18)14-17/h15H,2-14H2,1H3. The average molecular weight is 288 g/mol. The quantitative estimate of drug-likeness (QED) is 0.466. The maximum atomic E-state index is 12.3. The van der Waals surface area contributed by atoms with E-state index in [0.717, 1.165) is 32.2 Å². The lowest BCUT2D eigenvalue weighted by molar-refractivity contribution is -0.133. The highest BCUT2D eigenvalue weighted by Gasteiger charge is 2.23. The first-order valence-electron chi connectivity index (χ1n) is 8.15. The Labute approximate surface area is 123 Å². The molecule has 1 heterocycles. The van der Waals surface area contributed by atoms with E-state index in [0.29, 0.717) is 11.8 Å². The van der Waals surface area contributed by atoms with Crippen molar-refractivity contribution in [2.75, 3.05) is 12.4 Å². The minimum absolute atomic E-state index is 0.289. The summed E-state index contributed by atoms with van der Waals surface area (Å²) in [6.45, 7) is 3.15. The summed E-state index contributed by atoms with van der Waals surface area (Å²) in [5.74, 6) is 0.936. The Morgan fingerprint density at radius 2 is 1.84 bits per heavy atom. The van der Waals surface area contributed by atoms with Crippen LogP contribution in [0.25, 0.3) is 0 Å². The van der Waals surface area contributed by atoms with Crippen LogP contribution < -0.4 is 0 Å². The van der Waals surface area contributed by atoms with Gasteiger partial charge in [0.15, 0.2) is 0 Å². The molecule has 0 N–H and O–H groups in total. The third-order valence-electron chi connectivity index (χ3n) is 4.12. The van der Waals surface area contributed by atoms with Gasteiger partial charge in [-0.2, -0.15) is 0 Å². The van der Waals surface area contributed by atoms with Crippen LogP contribution in [0.4, 0.5) is 0 Å². The van der Waals surface area contributed by atoms with Crippen LogP contribution in [0.3, 0.4) is 0 Å². The van der Waals surface area contributed by atoms with Gasteiger partial charge in [-0.25, -0.2) is 0 Å². The summed E-state index contributed by atoms with van der Waals surface area (Å²) in [6.07, 6.45) is 12.9. The minimum Gasteiger partial charge on any atom is -0.339 e. The van der Waals surface area contributed by atoms with E-state index in [-0.39, 0.29) is 6.04 Å². The van der Waals surface area contributed by atoms with Gasteiger partial charge in [-0.05, 0) is 19.3 Å². The van der Waals surface area contributed by atoms with Gasteiger partial charge in [-0.1, -0.05) is 51.9 Å². The van der Waals surface area contributed by atoms with Crippen molar-refractivity contribution in [3.05, 3.63) is 0 Å². The van der Waals surface area contributed by atoms with Gasteiger partial charge >= 0.3 is 0 Å². The molecule has 1 atom stereocenters. The van der Waals surface area contributed by atoms with Gasteiger partial charge in [0.25, 0.3) is 0 Å². The van der Waals surface area contributed by atoms with Crippen LogP contribution in [0.5, 0.6) is 0 Å². The molecule has 0 bridgehead atoms. The van der Waals surface area contributed by atoms with Crippen LogP contribution in [0.2, 0.25) is 0 Å². The number of rotatable bonds is 8. The lowest BCUT2D eigenvalue weighted by Crippen LogP contribution is -2.41. The topological polar surface area (TPSA) is 20.3 Å². The summed E-state index contributed by atoms with van der Waals surface area (Å²) < 4.78 is 0. The molecule has 0 aromatic heterocycles. The third-order valence-corrected chi connectivity index (χ3v) is 4.48. The number of carbonyl (C=O) groups excluding carboxylic acids is 1. The number of likely N-dealkylation sites (tertiary alicyclic amines) is 1. The Morgan fingerprint density at radius 3 is 2.58 bits per heavy atom. The van der Waals surface area contributed by atoms with Crippen LogP contribution in [0.15, 0.2) is 0 Å². The monoisotopic (exact) mass is 287 g/mol. The zero-order chi connectivity index (χ0) is 13.9. The molecule has 0 aromatic carbocycles. The number of amides is 1. The van der Waals surface area contributed by atoms with Gasteiger partial charge in [0, 0.05) is 24.9 Å². The molecule has 0 aliphatic carbocycles. The van der Waals surface area contributed by atoms with Crippen LogP contribution in [0.1, 0.15) is 77.6 Å². The molecular weight excluding hydrogens is 258 g/mol. The Hall–Kier alpha value is -0.240. The fourth-order valence-electron chi connectivity index (χ4n) is 2.87. The van der Waals surface area contributed by atoms with E-state index in [1.807, 2.05) is 0 Å². The number of unbranched alkanes of at least 4 members (excludes halogenated alkanes) is 5. The summed E-state index contributed by atoms with van der Waals surface area (Å²) in [5.41, 5.74) is 0. The van der Waals surface area contributed by atoms with Crippen molar-refractivity contribution in [3.8, 4) is 0 Å². The van der Waals surface area contributed by atoms with Crippen LogP contribution in [-0.4, -0.2) is 29.3 Å². The van der Waals surface area contributed by atoms with E-state index >= 15 is 0 Å². The first-order valence-corrected chi connectivity index (χ1v) is 8.68. The predicted molar refractivity (Wildman–Crippen MR) is 82.7 cm³/mol. The van der Waals surface area contributed by atoms with E-state index in [1.165, 1.54) is 44.9 Å². The molecule has 0 radical (unpaired) electrons. The molecule has 3 heteroatoms. The Kier molecular flexibility index (Phi) is 9.32. The molecule has 2 nitrogen and oxygen atoms in total. The van der Waals surface area contributed by atoms with Gasteiger partial charge < -0.3 is 4.90 Å². The summed E-state index contributed by atoms with van der Waals surface area (Å²) in [7, 11) is 0. The SMILES string of the molecule is CCCCCCCCC(=O)N1CCCCCC1CCl. The number of nitrogens with zero attached hydrogens (tertiary/aromatic N) is 1. The maximum absolute atomic E-state index is 12.3. The fourth-order valence-corrected chi connectivity index (χ4v) is 3.19. The van der Waals surface area contributed by atoms with Gasteiger partial charge in [-0.3, -0.25) is 4.79 Å². The number of alkyl halides is 1. The summed E-state index contributed by atoms with van der Waals surface area (Å²) in [6, 6.07) is 0.289. The zero-order valence-corrected chi connectivity index (χ0v) is 13.3. The summed E-state index contributed by atoms with van der Waals surface area (Å²) in [5, 5.41) is 0. The predicted octanol–water partition coefficient (Wildman–Crippen LogP) is 4.75. The van der Waals surface area contributed by atoms with Gasteiger partial charge in [0.05, 0.1) is 0 Å². The molecule has 0 aromatic rings. The molecule has 1 rings (SSSR count). The van der Waals surface area contributed by atoms with E-state index < -0.39 is 0 Å². The van der Waals surface area contributed by atoms with Crippen molar-refractivity contribution < 1.29 is 4.79 Å². The van der Waals surface area contributed by atoms with Crippen molar-refractivity contribution in [2.45, 2.75) is 83.6 Å². The number of carbonyl (C=O) groups is 1. The Morgan fingerprint density at radius 1 is 1.11 bits per heavy atom. The summed E-state index contributed by atoms with van der Waals surface area (Å²) in [4.78, 5) is 14.3. The molecule has 0 saturated carbocycles. The highest BCUT2D eigenvalue weighted by Crippen LogP contribution is 2.19.